The molecule has 0 bridgehead atoms. The molecule has 1 aromatic heterocycles. The molecule has 2 N–H and O–H groups in total. The summed E-state index contributed by atoms with van der Waals surface area (Å²) in [4.78, 5) is 0. The normalized spacial score (nSPS) is 10.7. The minimum atomic E-state index is 0.395. The number of aryl methyl sites for hydroxylation is 1. The molecule has 0 fully saturated rings. The summed E-state index contributed by atoms with van der Waals surface area (Å²) in [6.45, 7) is 6.61. The van der Waals surface area contributed by atoms with Crippen molar-refractivity contribution in [2.45, 2.75) is 26.8 Å². The maximum Gasteiger partial charge on any atom is 0.238 e. The largest absolute Gasteiger partial charge is 0.474 e. The van der Waals surface area contributed by atoms with Gasteiger partial charge in [-0.2, -0.15) is 5.10 Å². The molecule has 1 rings (SSSR count). The first kappa shape index (κ1) is 15.8. The average Bonchev–Trinajstić information content (AvgIpc) is 2.42. The fourth-order valence-electron chi connectivity index (χ4n) is 1.60. The van der Waals surface area contributed by atoms with Gasteiger partial charge in [-0.15, -0.1) is 5.10 Å². The van der Waals surface area contributed by atoms with Crippen LogP contribution in [0.5, 0.6) is 5.88 Å². The van der Waals surface area contributed by atoms with E-state index in [1.54, 1.807) is 7.11 Å². The van der Waals surface area contributed by atoms with Crippen LogP contribution in [0, 0.1) is 13.8 Å². The Morgan fingerprint density at radius 3 is 2.53 bits per heavy atom. The third kappa shape index (κ3) is 5.10. The number of hydrogen-bond acceptors (Lipinski definition) is 6. The first-order chi connectivity index (χ1) is 9.20. The van der Waals surface area contributed by atoms with Gasteiger partial charge in [-0.25, -0.2) is 0 Å². The smallest absolute Gasteiger partial charge is 0.238 e. The van der Waals surface area contributed by atoms with Crippen LogP contribution >= 0.6 is 0 Å². The molecule has 19 heavy (non-hydrogen) atoms. The van der Waals surface area contributed by atoms with E-state index in [2.05, 4.69) is 10.2 Å². The summed E-state index contributed by atoms with van der Waals surface area (Å²) >= 11 is 0. The fourth-order valence-corrected chi connectivity index (χ4v) is 1.60. The van der Waals surface area contributed by atoms with E-state index in [0.29, 0.717) is 38.9 Å². The lowest BCUT2D eigenvalue weighted by molar-refractivity contribution is 0.0790. The number of nitrogens with zero attached hydrogens (tertiary/aromatic N) is 2. The zero-order chi connectivity index (χ0) is 14.1. The van der Waals surface area contributed by atoms with Gasteiger partial charge in [0.25, 0.3) is 0 Å². The summed E-state index contributed by atoms with van der Waals surface area (Å²) in [6, 6.07) is 0. The minimum absolute atomic E-state index is 0.395. The SMILES string of the molecule is COCCCOCCOc1nnc(C)c(C)c1CN. The molecule has 0 aliphatic heterocycles. The lowest BCUT2D eigenvalue weighted by Crippen LogP contribution is -2.13. The third-order valence-electron chi connectivity index (χ3n) is 2.85. The maximum atomic E-state index is 5.71. The Hall–Kier alpha value is -1.24. The van der Waals surface area contributed by atoms with Crippen LogP contribution in [0.15, 0.2) is 0 Å². The van der Waals surface area contributed by atoms with Crippen LogP contribution in [-0.4, -0.2) is 43.7 Å². The number of nitrogens with two attached hydrogens (primary N) is 1. The summed E-state index contributed by atoms with van der Waals surface area (Å²) in [5.41, 5.74) is 8.54. The van der Waals surface area contributed by atoms with E-state index in [4.69, 9.17) is 19.9 Å². The van der Waals surface area contributed by atoms with Crippen molar-refractivity contribution in [3.05, 3.63) is 16.8 Å². The lowest BCUT2D eigenvalue weighted by atomic mass is 10.1. The molecule has 0 unspecified atom stereocenters. The highest BCUT2D eigenvalue weighted by molar-refractivity contribution is 5.34. The van der Waals surface area contributed by atoms with Gasteiger partial charge in [0.05, 0.1) is 12.3 Å². The number of methoxy groups -OCH3 is 1. The van der Waals surface area contributed by atoms with Gasteiger partial charge >= 0.3 is 0 Å². The van der Waals surface area contributed by atoms with E-state index in [9.17, 15) is 0 Å². The van der Waals surface area contributed by atoms with Gasteiger partial charge in [0.2, 0.25) is 5.88 Å². The minimum Gasteiger partial charge on any atom is -0.474 e. The highest BCUT2D eigenvalue weighted by atomic mass is 16.5. The van der Waals surface area contributed by atoms with Crippen LogP contribution < -0.4 is 10.5 Å². The maximum absolute atomic E-state index is 5.71. The summed E-state index contributed by atoms with van der Waals surface area (Å²) in [5, 5.41) is 8.07. The molecule has 0 saturated heterocycles. The first-order valence-corrected chi connectivity index (χ1v) is 6.43. The van der Waals surface area contributed by atoms with Crippen molar-refractivity contribution in [1.82, 2.24) is 10.2 Å². The quantitative estimate of drug-likeness (QED) is 0.673. The van der Waals surface area contributed by atoms with Gasteiger partial charge in [0.1, 0.15) is 6.61 Å². The average molecular weight is 269 g/mol. The van der Waals surface area contributed by atoms with Crippen molar-refractivity contribution >= 4 is 0 Å². The van der Waals surface area contributed by atoms with Gasteiger partial charge in [-0.1, -0.05) is 0 Å². The molecule has 6 nitrogen and oxygen atoms in total. The molecule has 1 heterocycles. The Labute approximate surface area is 114 Å². The molecule has 1 aromatic rings. The monoisotopic (exact) mass is 269 g/mol. The van der Waals surface area contributed by atoms with E-state index in [0.717, 1.165) is 23.2 Å². The number of ether oxygens (including phenoxy) is 3. The Morgan fingerprint density at radius 1 is 1.05 bits per heavy atom. The van der Waals surface area contributed by atoms with E-state index < -0.39 is 0 Å². The van der Waals surface area contributed by atoms with Gasteiger partial charge in [-0.05, 0) is 25.8 Å². The van der Waals surface area contributed by atoms with Crippen LogP contribution in [0.2, 0.25) is 0 Å². The highest BCUT2D eigenvalue weighted by Gasteiger charge is 2.10. The van der Waals surface area contributed by atoms with Crippen LogP contribution in [-0.2, 0) is 16.0 Å². The predicted octanol–water partition coefficient (Wildman–Crippen LogP) is 0.984. The van der Waals surface area contributed by atoms with Crippen molar-refractivity contribution in [2.75, 3.05) is 33.5 Å². The van der Waals surface area contributed by atoms with E-state index >= 15 is 0 Å². The molecule has 0 atom stereocenters. The summed E-state index contributed by atoms with van der Waals surface area (Å²) in [6.07, 6.45) is 0.883. The molecule has 0 spiro atoms. The Kier molecular flexibility index (Phi) is 7.32. The first-order valence-electron chi connectivity index (χ1n) is 6.43. The topological polar surface area (TPSA) is 79.5 Å². The fraction of sp³-hybridized carbons (Fsp3) is 0.692. The Morgan fingerprint density at radius 2 is 1.84 bits per heavy atom. The number of hydrogen-bond donors (Lipinski definition) is 1. The van der Waals surface area contributed by atoms with Gasteiger partial charge in [0, 0.05) is 32.4 Å². The number of rotatable bonds is 9. The second kappa shape index (κ2) is 8.79. The Balaban J connectivity index is 2.35. The van der Waals surface area contributed by atoms with Gasteiger partial charge in [0.15, 0.2) is 0 Å². The zero-order valence-electron chi connectivity index (χ0n) is 11.9. The summed E-state index contributed by atoms with van der Waals surface area (Å²) in [7, 11) is 1.68. The van der Waals surface area contributed by atoms with Crippen LogP contribution in [0.25, 0.3) is 0 Å². The molecule has 0 radical (unpaired) electrons. The van der Waals surface area contributed by atoms with E-state index in [1.807, 2.05) is 13.8 Å². The van der Waals surface area contributed by atoms with Crippen LogP contribution in [0.1, 0.15) is 23.2 Å². The second-order valence-corrected chi connectivity index (χ2v) is 4.21. The molecule has 108 valence electrons. The third-order valence-corrected chi connectivity index (χ3v) is 2.85. The van der Waals surface area contributed by atoms with E-state index in [-0.39, 0.29) is 0 Å². The second-order valence-electron chi connectivity index (χ2n) is 4.21. The van der Waals surface area contributed by atoms with Gasteiger partial charge < -0.3 is 19.9 Å². The molecule has 6 heteroatoms. The summed E-state index contributed by atoms with van der Waals surface area (Å²) in [5.74, 6) is 0.506. The van der Waals surface area contributed by atoms with Crippen LogP contribution in [0.4, 0.5) is 0 Å². The van der Waals surface area contributed by atoms with Gasteiger partial charge in [-0.3, -0.25) is 0 Å². The van der Waals surface area contributed by atoms with Crippen molar-refractivity contribution in [1.29, 1.82) is 0 Å². The molecular weight excluding hydrogens is 246 g/mol. The van der Waals surface area contributed by atoms with Crippen molar-refractivity contribution in [3.63, 3.8) is 0 Å². The standard InChI is InChI=1S/C13H23N3O3/c1-10-11(2)15-16-13(12(10)9-14)19-8-7-18-6-4-5-17-3/h4-9,14H2,1-3H3. The highest BCUT2D eigenvalue weighted by Crippen LogP contribution is 2.19. The molecule has 0 aliphatic rings. The Bertz CT molecular complexity index is 386. The molecular formula is C13H23N3O3. The molecule has 0 aromatic carbocycles. The summed E-state index contributed by atoms with van der Waals surface area (Å²) < 4.78 is 15.9. The van der Waals surface area contributed by atoms with Crippen molar-refractivity contribution in [2.24, 2.45) is 5.73 Å². The molecule has 0 aliphatic carbocycles. The zero-order valence-corrected chi connectivity index (χ0v) is 11.9. The number of aromatic nitrogens is 2. The lowest BCUT2D eigenvalue weighted by Gasteiger charge is -2.12. The van der Waals surface area contributed by atoms with Crippen molar-refractivity contribution in [3.8, 4) is 5.88 Å². The van der Waals surface area contributed by atoms with Crippen LogP contribution in [0.3, 0.4) is 0 Å². The predicted molar refractivity (Wildman–Crippen MR) is 72.2 cm³/mol. The van der Waals surface area contributed by atoms with E-state index in [1.165, 1.54) is 0 Å². The molecule has 0 amide bonds. The molecule has 0 saturated carbocycles. The van der Waals surface area contributed by atoms with Crippen molar-refractivity contribution < 1.29 is 14.2 Å².